The maximum Gasteiger partial charge on any atom is 0.407 e. The second kappa shape index (κ2) is 54.1. The normalized spacial score (nSPS) is 16.9. The summed E-state index contributed by atoms with van der Waals surface area (Å²) in [6.07, 6.45) is 8.71. The first kappa shape index (κ1) is 92.0. The van der Waals surface area contributed by atoms with Crippen molar-refractivity contribution < 1.29 is 99.7 Å². The number of nitrogens with one attached hydrogen (secondary N) is 8. The molecule has 33 heteroatoms. The summed E-state index contributed by atoms with van der Waals surface area (Å²) in [4.78, 5) is 117. The average molecular weight is 1540 g/mol. The van der Waals surface area contributed by atoms with E-state index in [0.29, 0.717) is 173 Å². The number of likely N-dealkylation sites (N-methyl/N-ethyl adjacent to an activating group) is 1. The number of urea groups is 1. The van der Waals surface area contributed by atoms with E-state index in [1.54, 1.807) is 52.0 Å². The summed E-state index contributed by atoms with van der Waals surface area (Å²) in [7, 11) is 6.23. The molecule has 0 saturated heterocycles. The Morgan fingerprint density at radius 1 is 0.569 bits per heavy atom. The molecular formula is C76H126N13O20+. The maximum absolute atomic E-state index is 14.4. The quantitative estimate of drug-likeness (QED) is 0.0198. The number of aromatic nitrogens is 3. The van der Waals surface area contributed by atoms with Crippen LogP contribution in [0.25, 0.3) is 0 Å². The lowest BCUT2D eigenvalue weighted by Gasteiger charge is -2.27. The van der Waals surface area contributed by atoms with E-state index >= 15 is 0 Å². The second-order valence-electron chi connectivity index (χ2n) is 28.9. The van der Waals surface area contributed by atoms with Gasteiger partial charge in [-0.1, -0.05) is 57.9 Å². The van der Waals surface area contributed by atoms with Crippen LogP contribution < -0.4 is 48.3 Å². The summed E-state index contributed by atoms with van der Waals surface area (Å²) in [6.45, 7) is 14.8. The zero-order valence-electron chi connectivity index (χ0n) is 65.5. The summed E-state index contributed by atoms with van der Waals surface area (Å²) < 4.78 is 64.7. The van der Waals surface area contributed by atoms with Gasteiger partial charge in [0.15, 0.2) is 0 Å². The highest BCUT2D eigenvalue weighted by atomic mass is 16.6. The number of unbranched alkanes of at least 4 members (excludes halogenated alkanes) is 1. The smallest absolute Gasteiger partial charge is 0.407 e. The second-order valence-corrected chi connectivity index (χ2v) is 28.9. The molecule has 1 heterocycles. The van der Waals surface area contributed by atoms with E-state index in [2.05, 4.69) is 85.8 Å². The predicted molar refractivity (Wildman–Crippen MR) is 403 cm³/mol. The number of nitrogens with two attached hydrogens (primary N) is 1. The van der Waals surface area contributed by atoms with E-state index in [-0.39, 0.29) is 95.5 Å². The van der Waals surface area contributed by atoms with Crippen molar-refractivity contribution in [2.45, 2.75) is 168 Å². The first-order chi connectivity index (χ1) is 52.6. The lowest BCUT2D eigenvalue weighted by atomic mass is 9.99. The van der Waals surface area contributed by atoms with Crippen molar-refractivity contribution >= 4 is 59.2 Å². The molecule has 0 spiro atoms. The third-order valence-electron chi connectivity index (χ3n) is 18.3. The summed E-state index contributed by atoms with van der Waals surface area (Å²) in [5, 5.41) is 31.2. The van der Waals surface area contributed by atoms with Crippen LogP contribution in [0.1, 0.15) is 147 Å². The van der Waals surface area contributed by atoms with Gasteiger partial charge in [0.1, 0.15) is 43.1 Å². The Balaban J connectivity index is 1.04. The molecule has 3 aliphatic carbocycles. The fraction of sp³-hybridized carbons (Fsp3) is 0.750. The summed E-state index contributed by atoms with van der Waals surface area (Å²) in [5.74, 6) is 4.09. The molecule has 1 fully saturated rings. The van der Waals surface area contributed by atoms with Gasteiger partial charge in [0, 0.05) is 51.0 Å². The first-order valence-corrected chi connectivity index (χ1v) is 38.9. The molecule has 614 valence electrons. The van der Waals surface area contributed by atoms with E-state index in [0.717, 1.165) is 68.1 Å². The monoisotopic (exact) mass is 1540 g/mol. The minimum absolute atomic E-state index is 0.00962. The molecule has 10 N–H and O–H groups in total. The zero-order chi connectivity index (χ0) is 78.9. The molecule has 109 heavy (non-hydrogen) atoms. The lowest BCUT2D eigenvalue weighted by molar-refractivity contribution is -0.869. The van der Waals surface area contributed by atoms with Crippen LogP contribution in [0.2, 0.25) is 0 Å². The summed E-state index contributed by atoms with van der Waals surface area (Å²) >= 11 is 0. The van der Waals surface area contributed by atoms with Gasteiger partial charge in [0.25, 0.3) is 0 Å². The van der Waals surface area contributed by atoms with Crippen molar-refractivity contribution in [3.63, 3.8) is 0 Å². The fourth-order valence-corrected chi connectivity index (χ4v) is 12.0. The standard InChI is InChI=1S/C76H125N13O20/c1-55(2)69(73(95)84-63(21-17-31-80-75(77)97)71(93)82-58-26-24-57(25-27-58)52-108-74(96)56(3)4)85-72(94)62(83-67(91)29-37-100-41-45-104-48-50-105-46-42-101-38-33-81-76(98)109-53-61-59-18-11-8-9-12-19-60(59)61)20-15-16-30-78-68(92)54-107-65-23-14-10-13-22-64-70(65)86-87-88(64)34-39-102-43-47-106-51-49-103-44-40-99-36-28-66(90)79-32-35-89(5,6)7/h24-27,55-56,59-63,65,69H,10-23,28-54H2,1-7H3,(H9-,77,78,79,80,81,82,83,84,85,90,91,92,93,94,95,97,98)/p+1/t59-,60+,61?,62-,63+,65?,69+/m1/s1. The third-order valence-corrected chi connectivity index (χ3v) is 18.3. The van der Waals surface area contributed by atoms with Gasteiger partial charge >= 0.3 is 18.1 Å². The van der Waals surface area contributed by atoms with E-state index in [4.69, 9.17) is 57.8 Å². The highest BCUT2D eigenvalue weighted by Gasteiger charge is 2.49. The molecule has 0 radical (unpaired) electrons. The molecule has 0 aliphatic heterocycles. The molecule has 7 atom stereocenters. The average Bonchev–Trinajstić information content (AvgIpc) is 1.63. The van der Waals surface area contributed by atoms with Gasteiger partial charge in [-0.3, -0.25) is 33.6 Å². The van der Waals surface area contributed by atoms with Gasteiger partial charge in [0.2, 0.25) is 35.4 Å². The minimum atomic E-state index is -1.18. The van der Waals surface area contributed by atoms with Crippen molar-refractivity contribution in [1.82, 2.24) is 52.2 Å². The maximum atomic E-state index is 14.4. The molecule has 2 aromatic rings. The van der Waals surface area contributed by atoms with E-state index in [1.165, 1.54) is 0 Å². The number of hydrogen-bond donors (Lipinski definition) is 9. The van der Waals surface area contributed by atoms with Crippen molar-refractivity contribution in [1.29, 1.82) is 0 Å². The molecule has 1 aromatic heterocycles. The number of nitrogens with zero attached hydrogens (tertiary/aromatic N) is 4. The Hall–Kier alpha value is -7.65. The highest BCUT2D eigenvalue weighted by molar-refractivity contribution is 5.99. The number of amides is 9. The van der Waals surface area contributed by atoms with Gasteiger partial charge < -0.3 is 105 Å². The van der Waals surface area contributed by atoms with Gasteiger partial charge in [-0.2, -0.15) is 0 Å². The number of quaternary nitrogens is 1. The number of rotatable bonds is 58. The third kappa shape index (κ3) is 40.7. The number of anilines is 1. The number of carbonyl (C=O) groups excluding carboxylic acids is 9. The molecule has 2 unspecified atom stereocenters. The predicted octanol–water partition coefficient (Wildman–Crippen LogP) is 3.54. The number of carbonyl (C=O) groups is 9. The van der Waals surface area contributed by atoms with Crippen LogP contribution in [-0.4, -0.2) is 264 Å². The molecule has 5 rings (SSSR count). The van der Waals surface area contributed by atoms with Crippen LogP contribution in [0.3, 0.4) is 0 Å². The van der Waals surface area contributed by atoms with Crippen LogP contribution in [0, 0.1) is 41.4 Å². The number of fused-ring (bicyclic) bond motifs is 2. The largest absolute Gasteiger partial charge is 0.461 e. The number of benzene rings is 1. The van der Waals surface area contributed by atoms with Crippen LogP contribution in [0.4, 0.5) is 15.3 Å². The molecule has 9 amide bonds. The highest BCUT2D eigenvalue weighted by Crippen LogP contribution is 2.52. The van der Waals surface area contributed by atoms with E-state index in [1.807, 2.05) is 4.68 Å². The molecule has 33 nitrogen and oxygen atoms in total. The lowest BCUT2D eigenvalue weighted by Crippen LogP contribution is -2.57. The first-order valence-electron chi connectivity index (χ1n) is 38.9. The topological polar surface area (TPSA) is 408 Å². The molecule has 0 bridgehead atoms. The van der Waals surface area contributed by atoms with Crippen molar-refractivity contribution in [3.8, 4) is 11.8 Å². The van der Waals surface area contributed by atoms with Gasteiger partial charge in [-0.25, -0.2) is 14.3 Å². The molecular weight excluding hydrogens is 1410 g/mol. The van der Waals surface area contributed by atoms with Gasteiger partial charge in [-0.05, 0) is 106 Å². The Morgan fingerprint density at radius 2 is 1.14 bits per heavy atom. The van der Waals surface area contributed by atoms with E-state index < -0.39 is 65.9 Å². The Kier molecular flexibility index (Phi) is 45.6. The molecule has 3 aliphatic rings. The number of esters is 1. The van der Waals surface area contributed by atoms with Gasteiger partial charge in [0.05, 0.1) is 165 Å². The van der Waals surface area contributed by atoms with Crippen LogP contribution in [-0.2, 0) is 105 Å². The number of ether oxygens (including phenoxy) is 11. The summed E-state index contributed by atoms with van der Waals surface area (Å²) in [6, 6.07) is 2.43. The van der Waals surface area contributed by atoms with Crippen molar-refractivity contribution in [2.24, 2.45) is 35.3 Å². The number of primary amides is 1. The SMILES string of the molecule is CC(C)C(=O)OCc1ccc(NC(=O)[C@H](CCCNC(N)=O)NC(=O)[C@@H](NC(=O)[C@@H](CCCCNC(=O)COC2CCCCCc3c2nnn3CCOCCOCCOCCOCCC(=O)NCC[N+](C)(C)C)NC(=O)CCOCCOCCOCCOCCNC(=O)OCC2[C@H]3CCC#CCC[C@@H]23)C(C)C)cc1. The Labute approximate surface area is 642 Å². The number of alkyl carbamates (subject to hydrolysis) is 1. The van der Waals surface area contributed by atoms with Crippen LogP contribution in [0.5, 0.6) is 0 Å². The Bertz CT molecular complexity index is 3050. The number of hydrogen-bond acceptors (Lipinski definition) is 22. The molecule has 1 saturated carbocycles. The Morgan fingerprint density at radius 3 is 1.74 bits per heavy atom. The minimum Gasteiger partial charge on any atom is -0.461 e. The van der Waals surface area contributed by atoms with Crippen molar-refractivity contribution in [3.05, 3.63) is 41.2 Å². The van der Waals surface area contributed by atoms with Gasteiger partial charge in [-0.15, -0.1) is 16.9 Å². The fourth-order valence-electron chi connectivity index (χ4n) is 12.0. The van der Waals surface area contributed by atoms with Crippen LogP contribution >= 0.6 is 0 Å². The van der Waals surface area contributed by atoms with Crippen LogP contribution in [0.15, 0.2) is 24.3 Å². The van der Waals surface area contributed by atoms with E-state index in [9.17, 15) is 43.2 Å². The summed E-state index contributed by atoms with van der Waals surface area (Å²) in [5.41, 5.74) is 8.02. The van der Waals surface area contributed by atoms with Crippen molar-refractivity contribution in [2.75, 3.05) is 178 Å². The molecule has 1 aromatic carbocycles. The zero-order valence-corrected chi connectivity index (χ0v) is 65.5.